The van der Waals surface area contributed by atoms with Gasteiger partial charge in [0, 0.05) is 19.6 Å². The van der Waals surface area contributed by atoms with E-state index in [2.05, 4.69) is 12.2 Å². The second-order valence-corrected chi connectivity index (χ2v) is 7.91. The first kappa shape index (κ1) is 33.4. The van der Waals surface area contributed by atoms with Crippen LogP contribution in [0, 0.1) is 0 Å². The summed E-state index contributed by atoms with van der Waals surface area (Å²) in [4.78, 5) is 11.8. The van der Waals surface area contributed by atoms with E-state index >= 15 is 0 Å². The number of hydrogen-bond acceptors (Lipinski definition) is 9. The average Bonchev–Trinajstić information content (AvgIpc) is 2.92. The highest BCUT2D eigenvalue weighted by molar-refractivity contribution is 5.75. The predicted molar refractivity (Wildman–Crippen MR) is 140 cm³/mol. The zero-order chi connectivity index (χ0) is 26.5. The van der Waals surface area contributed by atoms with Crippen molar-refractivity contribution in [2.75, 3.05) is 106 Å². The van der Waals surface area contributed by atoms with Crippen LogP contribution >= 0.6 is 0 Å². The molecule has 10 heteroatoms. The molecule has 0 aliphatic carbocycles. The molecule has 1 aromatic carbocycles. The molecule has 0 unspecified atom stereocenters. The van der Waals surface area contributed by atoms with Crippen LogP contribution < -0.4 is 5.32 Å². The highest BCUT2D eigenvalue weighted by Crippen LogP contribution is 1.97. The van der Waals surface area contributed by atoms with Crippen LogP contribution in [0.1, 0.15) is 25.3 Å². The van der Waals surface area contributed by atoms with Crippen molar-refractivity contribution in [2.45, 2.75) is 26.3 Å². The first-order valence-electron chi connectivity index (χ1n) is 13.3. The lowest BCUT2D eigenvalue weighted by atomic mass is 10.2. The number of benzene rings is 1. The SMILES string of the molecule is CCCOCCOCCOCCOCCOCCOCCOCCOCCC(=O)NCc1ccccc1. The second kappa shape index (κ2) is 27.4. The van der Waals surface area contributed by atoms with Gasteiger partial charge in [-0.25, -0.2) is 0 Å². The molecular weight excluding hydrogens is 482 g/mol. The Balaban J connectivity index is 1.67. The van der Waals surface area contributed by atoms with Gasteiger partial charge in [0.1, 0.15) is 0 Å². The number of amides is 1. The van der Waals surface area contributed by atoms with Crippen molar-refractivity contribution >= 4 is 5.91 Å². The van der Waals surface area contributed by atoms with E-state index in [9.17, 15) is 4.79 Å². The summed E-state index contributed by atoms with van der Waals surface area (Å²) < 4.78 is 43.4. The van der Waals surface area contributed by atoms with Gasteiger partial charge in [-0.3, -0.25) is 4.79 Å². The van der Waals surface area contributed by atoms with E-state index in [1.807, 2.05) is 30.3 Å². The van der Waals surface area contributed by atoms with Crippen LogP contribution in [-0.4, -0.2) is 112 Å². The summed E-state index contributed by atoms with van der Waals surface area (Å²) in [5.41, 5.74) is 1.08. The lowest BCUT2D eigenvalue weighted by Crippen LogP contribution is -2.24. The molecule has 1 aromatic rings. The van der Waals surface area contributed by atoms with Crippen LogP contribution in [0.25, 0.3) is 0 Å². The molecule has 0 fully saturated rings. The first-order chi connectivity index (χ1) is 18.3. The van der Waals surface area contributed by atoms with Gasteiger partial charge in [-0.05, 0) is 12.0 Å². The minimum atomic E-state index is -0.0258. The van der Waals surface area contributed by atoms with Crippen LogP contribution in [0.3, 0.4) is 0 Å². The monoisotopic (exact) mass is 529 g/mol. The largest absolute Gasteiger partial charge is 0.379 e. The van der Waals surface area contributed by atoms with Gasteiger partial charge in [0.15, 0.2) is 0 Å². The molecule has 0 radical (unpaired) electrons. The minimum Gasteiger partial charge on any atom is -0.379 e. The fraction of sp³-hybridized carbons (Fsp3) is 0.741. The zero-order valence-corrected chi connectivity index (χ0v) is 22.5. The second-order valence-electron chi connectivity index (χ2n) is 7.91. The van der Waals surface area contributed by atoms with E-state index in [-0.39, 0.29) is 5.91 Å². The zero-order valence-electron chi connectivity index (χ0n) is 22.5. The molecule has 37 heavy (non-hydrogen) atoms. The molecule has 214 valence electrons. The molecule has 0 aliphatic rings. The maximum absolute atomic E-state index is 11.8. The summed E-state index contributed by atoms with van der Waals surface area (Å²) in [6.07, 6.45) is 1.36. The van der Waals surface area contributed by atoms with Gasteiger partial charge in [-0.15, -0.1) is 0 Å². The number of rotatable bonds is 28. The van der Waals surface area contributed by atoms with Crippen LogP contribution in [0.5, 0.6) is 0 Å². The molecule has 10 nitrogen and oxygen atoms in total. The van der Waals surface area contributed by atoms with Crippen molar-refractivity contribution in [3.05, 3.63) is 35.9 Å². The Labute approximate surface area is 222 Å². The van der Waals surface area contributed by atoms with Crippen LogP contribution in [0.15, 0.2) is 30.3 Å². The molecule has 0 saturated heterocycles. The quantitative estimate of drug-likeness (QED) is 0.164. The highest BCUT2D eigenvalue weighted by atomic mass is 16.6. The van der Waals surface area contributed by atoms with Crippen LogP contribution in [0.2, 0.25) is 0 Å². The summed E-state index contributed by atoms with van der Waals surface area (Å²) in [7, 11) is 0. The summed E-state index contributed by atoms with van der Waals surface area (Å²) in [5, 5.41) is 2.87. The van der Waals surface area contributed by atoms with E-state index in [4.69, 9.17) is 37.9 Å². The third kappa shape index (κ3) is 24.5. The van der Waals surface area contributed by atoms with E-state index in [0.717, 1.165) is 18.6 Å². The Morgan fingerprint density at radius 2 is 0.892 bits per heavy atom. The predicted octanol–water partition coefficient (Wildman–Crippen LogP) is 2.24. The van der Waals surface area contributed by atoms with Gasteiger partial charge in [-0.1, -0.05) is 37.3 Å². The molecular formula is C27H47NO9. The number of carbonyl (C=O) groups excluding carboxylic acids is 1. The number of ether oxygens (including phenoxy) is 8. The Hall–Kier alpha value is -1.63. The molecule has 0 bridgehead atoms. The summed E-state index contributed by atoms with van der Waals surface area (Å²) in [6.45, 7) is 11.1. The Kier molecular flexibility index (Phi) is 24.7. The van der Waals surface area contributed by atoms with Gasteiger partial charge in [-0.2, -0.15) is 0 Å². The van der Waals surface area contributed by atoms with Crippen molar-refractivity contribution in [2.24, 2.45) is 0 Å². The maximum Gasteiger partial charge on any atom is 0.222 e. The molecule has 1 N–H and O–H groups in total. The number of hydrogen-bond donors (Lipinski definition) is 1. The summed E-state index contributed by atoms with van der Waals surface area (Å²) in [5.74, 6) is -0.0258. The van der Waals surface area contributed by atoms with E-state index in [1.165, 1.54) is 0 Å². The van der Waals surface area contributed by atoms with Gasteiger partial charge in [0.2, 0.25) is 5.91 Å². The van der Waals surface area contributed by atoms with Crippen molar-refractivity contribution < 1.29 is 42.7 Å². The molecule has 0 spiro atoms. The Morgan fingerprint density at radius 1 is 0.541 bits per heavy atom. The molecule has 0 saturated carbocycles. The standard InChI is InChI=1S/C27H47NO9/c1-2-9-30-11-13-32-15-17-34-19-21-36-23-24-37-22-20-35-18-16-33-14-12-31-10-8-27(29)28-25-26-6-4-3-5-7-26/h3-7H,2,8-25H2,1H3,(H,28,29). The maximum atomic E-state index is 11.8. The van der Waals surface area contributed by atoms with Crippen molar-refractivity contribution in [1.82, 2.24) is 5.32 Å². The smallest absolute Gasteiger partial charge is 0.222 e. The highest BCUT2D eigenvalue weighted by Gasteiger charge is 2.01. The molecule has 0 heterocycles. The molecule has 0 atom stereocenters. The molecule has 0 aliphatic heterocycles. The van der Waals surface area contributed by atoms with Crippen molar-refractivity contribution in [1.29, 1.82) is 0 Å². The third-order valence-corrected chi connectivity index (χ3v) is 4.76. The lowest BCUT2D eigenvalue weighted by molar-refractivity contribution is -0.122. The van der Waals surface area contributed by atoms with Crippen LogP contribution in [0.4, 0.5) is 0 Å². The van der Waals surface area contributed by atoms with Gasteiger partial charge < -0.3 is 43.2 Å². The number of nitrogens with one attached hydrogen (secondary N) is 1. The van der Waals surface area contributed by atoms with Gasteiger partial charge >= 0.3 is 0 Å². The Morgan fingerprint density at radius 3 is 1.27 bits per heavy atom. The van der Waals surface area contributed by atoms with Gasteiger partial charge in [0.25, 0.3) is 0 Å². The van der Waals surface area contributed by atoms with Crippen LogP contribution in [-0.2, 0) is 49.2 Å². The van der Waals surface area contributed by atoms with E-state index < -0.39 is 0 Å². The fourth-order valence-corrected chi connectivity index (χ4v) is 2.84. The summed E-state index contributed by atoms with van der Waals surface area (Å²) in [6, 6.07) is 9.81. The molecule has 0 aromatic heterocycles. The summed E-state index contributed by atoms with van der Waals surface area (Å²) >= 11 is 0. The molecule has 1 amide bonds. The van der Waals surface area contributed by atoms with Gasteiger partial charge in [0.05, 0.1) is 99.1 Å². The van der Waals surface area contributed by atoms with E-state index in [1.54, 1.807) is 0 Å². The minimum absolute atomic E-state index is 0.0258. The first-order valence-corrected chi connectivity index (χ1v) is 13.3. The topological polar surface area (TPSA) is 103 Å². The number of carbonyl (C=O) groups is 1. The van der Waals surface area contributed by atoms with Crippen molar-refractivity contribution in [3.8, 4) is 0 Å². The van der Waals surface area contributed by atoms with E-state index in [0.29, 0.717) is 112 Å². The molecule has 1 rings (SSSR count). The van der Waals surface area contributed by atoms with Crippen molar-refractivity contribution in [3.63, 3.8) is 0 Å². The average molecular weight is 530 g/mol. The fourth-order valence-electron chi connectivity index (χ4n) is 2.84. The lowest BCUT2D eigenvalue weighted by Gasteiger charge is -2.09. The third-order valence-electron chi connectivity index (χ3n) is 4.76. The normalized spacial score (nSPS) is 11.2. The Bertz CT molecular complexity index is 607.